The van der Waals surface area contributed by atoms with E-state index in [1.807, 2.05) is 42.5 Å². The quantitative estimate of drug-likeness (QED) is 0.434. The van der Waals surface area contributed by atoms with Crippen LogP contribution in [0.5, 0.6) is 11.5 Å². The van der Waals surface area contributed by atoms with Gasteiger partial charge in [0.2, 0.25) is 0 Å². The van der Waals surface area contributed by atoms with Gasteiger partial charge in [-0.25, -0.2) is 0 Å². The minimum atomic E-state index is -0.219. The molecule has 2 aromatic carbocycles. The first kappa shape index (κ1) is 20.5. The van der Waals surface area contributed by atoms with E-state index in [1.54, 1.807) is 20.1 Å². The number of benzene rings is 2. The summed E-state index contributed by atoms with van der Waals surface area (Å²) in [6.45, 7) is 6.51. The summed E-state index contributed by atoms with van der Waals surface area (Å²) < 4.78 is 21.4. The van der Waals surface area contributed by atoms with Crippen LogP contribution in [0.4, 0.5) is 0 Å². The molecule has 0 bridgehead atoms. The zero-order chi connectivity index (χ0) is 19.5. The molecule has 2 rings (SSSR count). The summed E-state index contributed by atoms with van der Waals surface area (Å²) in [6.07, 6.45) is 2.64. The maximum absolute atomic E-state index is 11.7. The minimum Gasteiger partial charge on any atom is -0.488 e. The van der Waals surface area contributed by atoms with E-state index in [1.165, 1.54) is 0 Å². The SMILES string of the molecule is C=Cc1ccc(COc2cc(OCOC)ccc2CCC(=O)OCC)cc1. The van der Waals surface area contributed by atoms with Gasteiger partial charge >= 0.3 is 5.97 Å². The van der Waals surface area contributed by atoms with Gasteiger partial charge < -0.3 is 18.9 Å². The van der Waals surface area contributed by atoms with Gasteiger partial charge in [-0.2, -0.15) is 0 Å². The number of esters is 1. The molecule has 0 unspecified atom stereocenters. The molecule has 5 heteroatoms. The number of hydrogen-bond acceptors (Lipinski definition) is 5. The van der Waals surface area contributed by atoms with E-state index in [2.05, 4.69) is 6.58 Å². The van der Waals surface area contributed by atoms with Crippen LogP contribution in [0.1, 0.15) is 30.0 Å². The van der Waals surface area contributed by atoms with Gasteiger partial charge in [0.1, 0.15) is 18.1 Å². The van der Waals surface area contributed by atoms with Gasteiger partial charge in [-0.3, -0.25) is 4.79 Å². The van der Waals surface area contributed by atoms with Gasteiger partial charge in [-0.1, -0.05) is 43.0 Å². The van der Waals surface area contributed by atoms with Gasteiger partial charge in [0.15, 0.2) is 6.79 Å². The molecule has 144 valence electrons. The molecule has 0 aliphatic carbocycles. The van der Waals surface area contributed by atoms with Crippen molar-refractivity contribution < 1.29 is 23.7 Å². The third-order valence-corrected chi connectivity index (χ3v) is 3.90. The lowest BCUT2D eigenvalue weighted by atomic mass is 10.1. The Morgan fingerprint density at radius 2 is 1.89 bits per heavy atom. The molecule has 0 saturated heterocycles. The molecule has 0 spiro atoms. The predicted octanol–water partition coefficient (Wildman–Crippen LogP) is 4.39. The second kappa shape index (κ2) is 11.0. The van der Waals surface area contributed by atoms with E-state index < -0.39 is 0 Å². The summed E-state index contributed by atoms with van der Waals surface area (Å²) in [5.41, 5.74) is 3.03. The third-order valence-electron chi connectivity index (χ3n) is 3.90. The molecular weight excluding hydrogens is 344 g/mol. The van der Waals surface area contributed by atoms with Crippen LogP contribution in [0.25, 0.3) is 6.08 Å². The Hall–Kier alpha value is -2.79. The van der Waals surface area contributed by atoms with Crippen molar-refractivity contribution >= 4 is 12.0 Å². The number of ether oxygens (including phenoxy) is 4. The Morgan fingerprint density at radius 3 is 2.56 bits per heavy atom. The summed E-state index contributed by atoms with van der Waals surface area (Å²) in [5, 5.41) is 0. The van der Waals surface area contributed by atoms with Crippen molar-refractivity contribution in [3.8, 4) is 11.5 Å². The fraction of sp³-hybridized carbons (Fsp3) is 0.318. The molecule has 0 heterocycles. The summed E-state index contributed by atoms with van der Waals surface area (Å²) in [4.78, 5) is 11.7. The molecule has 0 aliphatic rings. The van der Waals surface area contributed by atoms with Crippen LogP contribution in [0, 0.1) is 0 Å². The smallest absolute Gasteiger partial charge is 0.306 e. The Morgan fingerprint density at radius 1 is 1.11 bits per heavy atom. The molecular formula is C22H26O5. The highest BCUT2D eigenvalue weighted by Gasteiger charge is 2.10. The van der Waals surface area contributed by atoms with Crippen molar-refractivity contribution in [2.24, 2.45) is 0 Å². The second-order valence-corrected chi connectivity index (χ2v) is 5.86. The molecule has 27 heavy (non-hydrogen) atoms. The number of carbonyl (C=O) groups is 1. The van der Waals surface area contributed by atoms with Gasteiger partial charge in [-0.05, 0) is 36.1 Å². The normalized spacial score (nSPS) is 10.3. The maximum Gasteiger partial charge on any atom is 0.306 e. The lowest BCUT2D eigenvalue weighted by Crippen LogP contribution is -2.07. The van der Waals surface area contributed by atoms with Crippen molar-refractivity contribution in [1.82, 2.24) is 0 Å². The molecule has 0 amide bonds. The van der Waals surface area contributed by atoms with Crippen molar-refractivity contribution in [3.63, 3.8) is 0 Å². The topological polar surface area (TPSA) is 54.0 Å². The monoisotopic (exact) mass is 370 g/mol. The Labute approximate surface area is 160 Å². The van der Waals surface area contributed by atoms with Crippen LogP contribution in [-0.4, -0.2) is 26.5 Å². The predicted molar refractivity (Wildman–Crippen MR) is 105 cm³/mol. The van der Waals surface area contributed by atoms with Gasteiger partial charge in [0.25, 0.3) is 0 Å². The summed E-state index contributed by atoms with van der Waals surface area (Å²) in [7, 11) is 1.57. The van der Waals surface area contributed by atoms with Crippen LogP contribution >= 0.6 is 0 Å². The van der Waals surface area contributed by atoms with Crippen molar-refractivity contribution in [3.05, 3.63) is 65.7 Å². The van der Waals surface area contributed by atoms with Crippen molar-refractivity contribution in [2.45, 2.75) is 26.4 Å². The Kier molecular flexibility index (Phi) is 8.39. The summed E-state index contributed by atoms with van der Waals surface area (Å²) in [6, 6.07) is 13.5. The molecule has 0 atom stereocenters. The first-order valence-corrected chi connectivity index (χ1v) is 8.90. The number of rotatable bonds is 11. The molecule has 2 aromatic rings. The van der Waals surface area contributed by atoms with E-state index >= 15 is 0 Å². The molecule has 0 N–H and O–H groups in total. The van der Waals surface area contributed by atoms with Crippen molar-refractivity contribution in [2.75, 3.05) is 20.5 Å². The average Bonchev–Trinajstić information content (AvgIpc) is 2.70. The van der Waals surface area contributed by atoms with Crippen LogP contribution in [-0.2, 0) is 27.3 Å². The Bertz CT molecular complexity index is 737. The average molecular weight is 370 g/mol. The number of hydrogen-bond donors (Lipinski definition) is 0. The highest BCUT2D eigenvalue weighted by molar-refractivity contribution is 5.69. The molecule has 5 nitrogen and oxygen atoms in total. The summed E-state index contributed by atoms with van der Waals surface area (Å²) in [5.74, 6) is 1.11. The zero-order valence-electron chi connectivity index (χ0n) is 15.9. The first-order valence-electron chi connectivity index (χ1n) is 8.90. The molecule has 0 aliphatic heterocycles. The van der Waals surface area contributed by atoms with Crippen molar-refractivity contribution in [1.29, 1.82) is 0 Å². The Balaban J connectivity index is 2.09. The van der Waals surface area contributed by atoms with Crippen LogP contribution in [0.2, 0.25) is 0 Å². The van der Waals surface area contributed by atoms with Gasteiger partial charge in [-0.15, -0.1) is 0 Å². The molecule has 0 aromatic heterocycles. The largest absolute Gasteiger partial charge is 0.488 e. The van der Waals surface area contributed by atoms with Crippen LogP contribution in [0.15, 0.2) is 49.0 Å². The van der Waals surface area contributed by atoms with E-state index in [4.69, 9.17) is 18.9 Å². The lowest BCUT2D eigenvalue weighted by Gasteiger charge is -2.14. The second-order valence-electron chi connectivity index (χ2n) is 5.86. The zero-order valence-corrected chi connectivity index (χ0v) is 15.9. The summed E-state index contributed by atoms with van der Waals surface area (Å²) >= 11 is 0. The minimum absolute atomic E-state index is 0.157. The van der Waals surface area contributed by atoms with Crippen LogP contribution in [0.3, 0.4) is 0 Å². The molecule has 0 fully saturated rings. The highest BCUT2D eigenvalue weighted by atomic mass is 16.7. The number of methoxy groups -OCH3 is 1. The van der Waals surface area contributed by atoms with E-state index in [-0.39, 0.29) is 12.8 Å². The van der Waals surface area contributed by atoms with E-state index in [0.717, 1.165) is 16.7 Å². The number of carbonyl (C=O) groups excluding carboxylic acids is 1. The van der Waals surface area contributed by atoms with Gasteiger partial charge in [0.05, 0.1) is 6.61 Å². The maximum atomic E-state index is 11.7. The highest BCUT2D eigenvalue weighted by Crippen LogP contribution is 2.27. The first-order chi connectivity index (χ1) is 13.2. The fourth-order valence-electron chi connectivity index (χ4n) is 2.47. The molecule has 0 radical (unpaired) electrons. The van der Waals surface area contributed by atoms with E-state index in [9.17, 15) is 4.79 Å². The van der Waals surface area contributed by atoms with Crippen LogP contribution < -0.4 is 9.47 Å². The number of aryl methyl sites for hydroxylation is 1. The molecule has 0 saturated carbocycles. The standard InChI is InChI=1S/C22H26O5/c1-4-17-6-8-18(9-7-17)15-26-21-14-20(27-16-24-3)12-10-19(21)11-13-22(23)25-5-2/h4,6-10,12,14H,1,5,11,13,15-16H2,2-3H3. The third kappa shape index (κ3) is 6.79. The lowest BCUT2D eigenvalue weighted by molar-refractivity contribution is -0.143. The van der Waals surface area contributed by atoms with E-state index in [0.29, 0.717) is 37.6 Å². The van der Waals surface area contributed by atoms with Gasteiger partial charge in [0, 0.05) is 19.6 Å². The fourth-order valence-corrected chi connectivity index (χ4v) is 2.47.